The summed E-state index contributed by atoms with van der Waals surface area (Å²) in [5.74, 6) is 3.20. The number of hydrogen-bond donors (Lipinski definition) is 1. The molecule has 1 unspecified atom stereocenters. The van der Waals surface area contributed by atoms with E-state index >= 15 is 0 Å². The van der Waals surface area contributed by atoms with Gasteiger partial charge in [0.2, 0.25) is 0 Å². The molecule has 3 heteroatoms. The summed E-state index contributed by atoms with van der Waals surface area (Å²) < 4.78 is 0. The number of nitrogens with one attached hydrogen (secondary N) is 1. The van der Waals surface area contributed by atoms with Crippen molar-refractivity contribution in [1.29, 1.82) is 0 Å². The average Bonchev–Trinajstić information content (AvgIpc) is 2.49. The van der Waals surface area contributed by atoms with Crippen molar-refractivity contribution in [2.24, 2.45) is 5.92 Å². The van der Waals surface area contributed by atoms with E-state index in [1.54, 1.807) is 0 Å². The van der Waals surface area contributed by atoms with E-state index in [0.29, 0.717) is 6.04 Å². The molecule has 0 amide bonds. The van der Waals surface area contributed by atoms with Gasteiger partial charge in [-0.05, 0) is 43.0 Å². The molecule has 1 aliphatic rings. The van der Waals surface area contributed by atoms with Crippen LogP contribution >= 0.6 is 23.4 Å². The van der Waals surface area contributed by atoms with Crippen molar-refractivity contribution in [2.45, 2.75) is 50.8 Å². The van der Waals surface area contributed by atoms with Crippen molar-refractivity contribution in [3.8, 4) is 0 Å². The summed E-state index contributed by atoms with van der Waals surface area (Å²) in [6.45, 7) is 3.31. The van der Waals surface area contributed by atoms with Gasteiger partial charge >= 0.3 is 0 Å². The van der Waals surface area contributed by atoms with Gasteiger partial charge in [0, 0.05) is 22.6 Å². The van der Waals surface area contributed by atoms with Crippen molar-refractivity contribution < 1.29 is 0 Å². The van der Waals surface area contributed by atoms with Crippen LogP contribution in [0.4, 0.5) is 0 Å². The van der Waals surface area contributed by atoms with E-state index in [-0.39, 0.29) is 0 Å². The van der Waals surface area contributed by atoms with Gasteiger partial charge in [-0.25, -0.2) is 0 Å². The van der Waals surface area contributed by atoms with E-state index < -0.39 is 0 Å². The lowest BCUT2D eigenvalue weighted by molar-refractivity contribution is 0.288. The second-order valence-electron chi connectivity index (χ2n) is 5.70. The second-order valence-corrected chi connectivity index (χ2v) is 7.17. The van der Waals surface area contributed by atoms with Crippen molar-refractivity contribution in [1.82, 2.24) is 5.32 Å². The zero-order valence-corrected chi connectivity index (χ0v) is 14.0. The maximum atomic E-state index is 5.92. The van der Waals surface area contributed by atoms with Crippen molar-refractivity contribution in [3.63, 3.8) is 0 Å². The Labute approximate surface area is 132 Å². The van der Waals surface area contributed by atoms with E-state index in [1.807, 2.05) is 23.9 Å². The van der Waals surface area contributed by atoms with Gasteiger partial charge in [-0.3, -0.25) is 0 Å². The average molecular weight is 312 g/mol. The highest BCUT2D eigenvalue weighted by molar-refractivity contribution is 7.98. The SMILES string of the molecule is CCNC(CSCc1ccc(Cl)cc1)C1CCCCC1. The zero-order valence-electron chi connectivity index (χ0n) is 12.4. The molecule has 1 nitrogen and oxygen atoms in total. The lowest BCUT2D eigenvalue weighted by atomic mass is 9.84. The summed E-state index contributed by atoms with van der Waals surface area (Å²) in [6, 6.07) is 8.94. The molecule has 1 aromatic carbocycles. The van der Waals surface area contributed by atoms with Gasteiger partial charge in [-0.1, -0.05) is 49.9 Å². The Morgan fingerprint density at radius 1 is 1.20 bits per heavy atom. The van der Waals surface area contributed by atoms with Crippen molar-refractivity contribution in [2.75, 3.05) is 12.3 Å². The van der Waals surface area contributed by atoms with Crippen LogP contribution in [0.1, 0.15) is 44.6 Å². The largest absolute Gasteiger partial charge is 0.313 e. The second kappa shape index (κ2) is 8.96. The molecule has 0 aliphatic heterocycles. The van der Waals surface area contributed by atoms with E-state index in [2.05, 4.69) is 24.4 Å². The predicted octanol–water partition coefficient (Wildman–Crippen LogP) is 5.13. The topological polar surface area (TPSA) is 12.0 Å². The number of rotatable bonds is 7. The van der Waals surface area contributed by atoms with Crippen LogP contribution in [0.2, 0.25) is 5.02 Å². The molecule has 1 aliphatic carbocycles. The fourth-order valence-corrected chi connectivity index (χ4v) is 4.36. The molecule has 1 aromatic rings. The van der Waals surface area contributed by atoms with Crippen LogP contribution in [0.3, 0.4) is 0 Å². The molecule has 0 heterocycles. The molecule has 1 fully saturated rings. The van der Waals surface area contributed by atoms with Gasteiger partial charge in [0.05, 0.1) is 0 Å². The van der Waals surface area contributed by atoms with E-state index in [0.717, 1.165) is 23.2 Å². The lowest BCUT2D eigenvalue weighted by Crippen LogP contribution is -2.39. The first-order chi connectivity index (χ1) is 9.79. The normalized spacial score (nSPS) is 18.1. The molecule has 1 saturated carbocycles. The van der Waals surface area contributed by atoms with Crippen LogP contribution < -0.4 is 5.32 Å². The smallest absolute Gasteiger partial charge is 0.0406 e. The molecule has 1 atom stereocenters. The number of benzene rings is 1. The number of halogens is 1. The fourth-order valence-electron chi connectivity index (χ4n) is 3.04. The first kappa shape index (κ1) is 16.2. The van der Waals surface area contributed by atoms with Crippen LogP contribution in [0.5, 0.6) is 0 Å². The van der Waals surface area contributed by atoms with Crippen LogP contribution in [0.15, 0.2) is 24.3 Å². The number of hydrogen-bond acceptors (Lipinski definition) is 2. The third-order valence-corrected chi connectivity index (χ3v) is 5.55. The summed E-state index contributed by atoms with van der Waals surface area (Å²) in [4.78, 5) is 0. The Balaban J connectivity index is 1.77. The molecular weight excluding hydrogens is 286 g/mol. The van der Waals surface area contributed by atoms with Gasteiger partial charge < -0.3 is 5.32 Å². The molecule has 20 heavy (non-hydrogen) atoms. The minimum atomic E-state index is 0.692. The maximum Gasteiger partial charge on any atom is 0.0406 e. The van der Waals surface area contributed by atoms with E-state index in [4.69, 9.17) is 11.6 Å². The highest BCUT2D eigenvalue weighted by atomic mass is 35.5. The van der Waals surface area contributed by atoms with Crippen LogP contribution in [0, 0.1) is 5.92 Å². The Morgan fingerprint density at radius 3 is 2.55 bits per heavy atom. The van der Waals surface area contributed by atoms with Crippen molar-refractivity contribution >= 4 is 23.4 Å². The molecule has 112 valence electrons. The molecule has 0 saturated heterocycles. The fraction of sp³-hybridized carbons (Fsp3) is 0.647. The zero-order chi connectivity index (χ0) is 14.2. The minimum Gasteiger partial charge on any atom is -0.313 e. The van der Waals surface area contributed by atoms with Gasteiger partial charge in [0.15, 0.2) is 0 Å². The molecule has 2 rings (SSSR count). The summed E-state index contributed by atoms with van der Waals surface area (Å²) in [5, 5.41) is 4.53. The summed E-state index contributed by atoms with van der Waals surface area (Å²) >= 11 is 7.97. The quantitative estimate of drug-likeness (QED) is 0.749. The van der Waals surface area contributed by atoms with Gasteiger partial charge in [-0.2, -0.15) is 11.8 Å². The van der Waals surface area contributed by atoms with Crippen LogP contribution in [0.25, 0.3) is 0 Å². The van der Waals surface area contributed by atoms with E-state index in [1.165, 1.54) is 43.4 Å². The highest BCUT2D eigenvalue weighted by Crippen LogP contribution is 2.28. The van der Waals surface area contributed by atoms with Crippen LogP contribution in [-0.4, -0.2) is 18.3 Å². The summed E-state index contributed by atoms with van der Waals surface area (Å²) in [6.07, 6.45) is 7.12. The Kier molecular flexibility index (Phi) is 7.26. The van der Waals surface area contributed by atoms with Gasteiger partial charge in [0.25, 0.3) is 0 Å². The predicted molar refractivity (Wildman–Crippen MR) is 91.7 cm³/mol. The summed E-state index contributed by atoms with van der Waals surface area (Å²) in [7, 11) is 0. The lowest BCUT2D eigenvalue weighted by Gasteiger charge is -2.30. The molecule has 0 spiro atoms. The third-order valence-electron chi connectivity index (χ3n) is 4.16. The Morgan fingerprint density at radius 2 is 1.90 bits per heavy atom. The molecule has 1 N–H and O–H groups in total. The maximum absolute atomic E-state index is 5.92. The van der Waals surface area contributed by atoms with Gasteiger partial charge in [-0.15, -0.1) is 0 Å². The highest BCUT2D eigenvalue weighted by Gasteiger charge is 2.22. The molecule has 0 aromatic heterocycles. The van der Waals surface area contributed by atoms with Crippen molar-refractivity contribution in [3.05, 3.63) is 34.9 Å². The van der Waals surface area contributed by atoms with Gasteiger partial charge in [0.1, 0.15) is 0 Å². The Bertz CT molecular complexity index is 373. The third kappa shape index (κ3) is 5.31. The Hall–Kier alpha value is -0.180. The minimum absolute atomic E-state index is 0.692. The van der Waals surface area contributed by atoms with E-state index in [9.17, 15) is 0 Å². The first-order valence-electron chi connectivity index (χ1n) is 7.85. The summed E-state index contributed by atoms with van der Waals surface area (Å²) in [5.41, 5.74) is 1.37. The number of thioether (sulfide) groups is 1. The first-order valence-corrected chi connectivity index (χ1v) is 9.38. The monoisotopic (exact) mass is 311 g/mol. The molecule has 0 bridgehead atoms. The standard InChI is InChI=1S/C17H26ClNS/c1-2-19-17(15-6-4-3-5-7-15)13-20-12-14-8-10-16(18)11-9-14/h8-11,15,17,19H,2-7,12-13H2,1H3. The van der Waals surface area contributed by atoms with Crippen LogP contribution in [-0.2, 0) is 5.75 Å². The molecular formula is C17H26ClNS. The molecule has 0 radical (unpaired) electrons.